The summed E-state index contributed by atoms with van der Waals surface area (Å²) in [4.78, 5) is 17.3. The summed E-state index contributed by atoms with van der Waals surface area (Å²) in [6, 6.07) is 11.7. The molecular formula is C25H40N4O. The van der Waals surface area contributed by atoms with E-state index in [0.717, 1.165) is 24.3 Å². The number of nitrogens with zero attached hydrogens (tertiary/aromatic N) is 2. The van der Waals surface area contributed by atoms with Crippen LogP contribution in [0.3, 0.4) is 0 Å². The van der Waals surface area contributed by atoms with Crippen LogP contribution in [0, 0.1) is 17.8 Å². The van der Waals surface area contributed by atoms with Crippen LogP contribution < -0.4 is 10.6 Å². The summed E-state index contributed by atoms with van der Waals surface area (Å²) < 4.78 is 0. The number of urea groups is 1. The first-order chi connectivity index (χ1) is 14.6. The van der Waals surface area contributed by atoms with Crippen molar-refractivity contribution < 1.29 is 4.79 Å². The fourth-order valence-electron chi connectivity index (χ4n) is 5.84. The maximum absolute atomic E-state index is 11.9. The first kappa shape index (κ1) is 21.6. The lowest BCUT2D eigenvalue weighted by Gasteiger charge is -2.51. The molecule has 166 valence electrons. The molecule has 5 nitrogen and oxygen atoms in total. The van der Waals surface area contributed by atoms with Gasteiger partial charge in [0.05, 0.1) is 0 Å². The zero-order valence-electron chi connectivity index (χ0n) is 18.9. The summed E-state index contributed by atoms with van der Waals surface area (Å²) >= 11 is 0. The Bertz CT molecular complexity index is 671. The van der Waals surface area contributed by atoms with Gasteiger partial charge in [-0.3, -0.25) is 4.90 Å². The zero-order valence-corrected chi connectivity index (χ0v) is 18.9. The van der Waals surface area contributed by atoms with Crippen molar-refractivity contribution in [2.45, 2.75) is 58.0 Å². The summed E-state index contributed by atoms with van der Waals surface area (Å²) in [6.07, 6.45) is 6.51. The maximum atomic E-state index is 11.9. The monoisotopic (exact) mass is 412 g/mol. The van der Waals surface area contributed by atoms with Gasteiger partial charge < -0.3 is 15.5 Å². The van der Waals surface area contributed by atoms with Crippen LogP contribution in [-0.4, -0.2) is 67.2 Å². The molecule has 0 radical (unpaired) electrons. The number of benzene rings is 1. The summed E-state index contributed by atoms with van der Waals surface area (Å²) in [5, 5.41) is 6.02. The molecule has 0 saturated carbocycles. The molecule has 0 spiro atoms. The van der Waals surface area contributed by atoms with E-state index in [1.807, 2.05) is 13.8 Å². The van der Waals surface area contributed by atoms with Gasteiger partial charge in [0.1, 0.15) is 0 Å². The third kappa shape index (κ3) is 5.76. The number of carbonyl (C=O) groups is 1. The summed E-state index contributed by atoms with van der Waals surface area (Å²) in [7, 11) is 0. The quantitative estimate of drug-likeness (QED) is 0.722. The first-order valence-electron chi connectivity index (χ1n) is 12.1. The number of rotatable bonds is 7. The molecule has 1 aromatic rings. The van der Waals surface area contributed by atoms with Crippen molar-refractivity contribution in [1.29, 1.82) is 0 Å². The maximum Gasteiger partial charge on any atom is 0.315 e. The van der Waals surface area contributed by atoms with Crippen LogP contribution in [0.4, 0.5) is 4.79 Å². The topological polar surface area (TPSA) is 47.6 Å². The second-order valence-electron chi connectivity index (χ2n) is 10.1. The molecule has 2 bridgehead atoms. The summed E-state index contributed by atoms with van der Waals surface area (Å²) in [5.74, 6) is 2.49. The van der Waals surface area contributed by atoms with E-state index < -0.39 is 0 Å². The highest BCUT2D eigenvalue weighted by molar-refractivity contribution is 5.74. The lowest BCUT2D eigenvalue weighted by Crippen LogP contribution is -2.59. The Labute approximate surface area is 182 Å². The second kappa shape index (κ2) is 10.1. The van der Waals surface area contributed by atoms with Crippen molar-refractivity contribution in [3.05, 3.63) is 35.9 Å². The van der Waals surface area contributed by atoms with Crippen LogP contribution in [0.25, 0.3) is 0 Å². The molecule has 0 aromatic heterocycles. The Morgan fingerprint density at radius 2 is 1.87 bits per heavy atom. The van der Waals surface area contributed by atoms with Gasteiger partial charge in [0, 0.05) is 31.7 Å². The predicted molar refractivity (Wildman–Crippen MR) is 123 cm³/mol. The molecule has 4 fully saturated rings. The molecule has 2 N–H and O–H groups in total. The van der Waals surface area contributed by atoms with Crippen molar-refractivity contribution in [3.63, 3.8) is 0 Å². The lowest BCUT2D eigenvalue weighted by molar-refractivity contribution is -0.0147. The SMILES string of the molecule is CC(C)NC(=O)NC[C@H]1C[C@@H]2CCN1C[C@@H]2CN1CCC(Cc2ccccc2)CC1. The standard InChI is InChI=1S/C25H40N4O/c1-19(2)27-25(30)26-16-24-15-22-10-13-29(24)18-23(22)17-28-11-8-21(9-12-28)14-20-6-4-3-5-7-20/h3-7,19,21-24H,8-18H2,1-2H3,(H2,26,27,30)/t22-,23-,24+/m0/s1. The minimum Gasteiger partial charge on any atom is -0.337 e. The molecule has 4 saturated heterocycles. The Hall–Kier alpha value is -1.59. The van der Waals surface area contributed by atoms with Gasteiger partial charge in [-0.25, -0.2) is 4.79 Å². The molecule has 5 rings (SSSR count). The highest BCUT2D eigenvalue weighted by Gasteiger charge is 2.40. The largest absolute Gasteiger partial charge is 0.337 e. The highest BCUT2D eigenvalue weighted by Crippen LogP contribution is 2.37. The van der Waals surface area contributed by atoms with Gasteiger partial charge in [0.2, 0.25) is 0 Å². The van der Waals surface area contributed by atoms with E-state index in [4.69, 9.17) is 0 Å². The average molecular weight is 413 g/mol. The summed E-state index contributed by atoms with van der Waals surface area (Å²) in [5.41, 5.74) is 1.50. The highest BCUT2D eigenvalue weighted by atomic mass is 16.2. The Balaban J connectivity index is 1.19. The molecule has 4 aliphatic heterocycles. The minimum atomic E-state index is -0.0254. The third-order valence-corrected chi connectivity index (χ3v) is 7.50. The van der Waals surface area contributed by atoms with E-state index in [-0.39, 0.29) is 12.1 Å². The van der Waals surface area contributed by atoms with Gasteiger partial charge in [0.25, 0.3) is 0 Å². The molecule has 0 aliphatic carbocycles. The Kier molecular flexibility index (Phi) is 7.32. The van der Waals surface area contributed by atoms with E-state index in [9.17, 15) is 4.79 Å². The van der Waals surface area contributed by atoms with E-state index in [0.29, 0.717) is 6.04 Å². The fraction of sp³-hybridized carbons (Fsp3) is 0.720. The molecule has 5 heteroatoms. The molecule has 4 heterocycles. The molecule has 4 aliphatic rings. The van der Waals surface area contributed by atoms with Crippen molar-refractivity contribution in [1.82, 2.24) is 20.4 Å². The molecular weight excluding hydrogens is 372 g/mol. The number of hydrogen-bond acceptors (Lipinski definition) is 3. The van der Waals surface area contributed by atoms with Gasteiger partial charge in [0.15, 0.2) is 0 Å². The number of hydrogen-bond donors (Lipinski definition) is 2. The van der Waals surface area contributed by atoms with Gasteiger partial charge in [-0.15, -0.1) is 0 Å². The van der Waals surface area contributed by atoms with Gasteiger partial charge >= 0.3 is 6.03 Å². The smallest absolute Gasteiger partial charge is 0.315 e. The van der Waals surface area contributed by atoms with E-state index >= 15 is 0 Å². The third-order valence-electron chi connectivity index (χ3n) is 7.50. The van der Waals surface area contributed by atoms with E-state index in [1.54, 1.807) is 0 Å². The van der Waals surface area contributed by atoms with Gasteiger partial charge in [-0.05, 0) is 88.9 Å². The van der Waals surface area contributed by atoms with Crippen molar-refractivity contribution in [2.75, 3.05) is 39.3 Å². The predicted octanol–water partition coefficient (Wildman–Crippen LogP) is 3.36. The van der Waals surface area contributed by atoms with Crippen molar-refractivity contribution >= 4 is 6.03 Å². The summed E-state index contributed by atoms with van der Waals surface area (Å²) in [6.45, 7) is 11.0. The first-order valence-corrected chi connectivity index (χ1v) is 12.1. The molecule has 1 aromatic carbocycles. The molecule has 30 heavy (non-hydrogen) atoms. The number of fused-ring (bicyclic) bond motifs is 3. The molecule has 4 atom stereocenters. The Morgan fingerprint density at radius 1 is 1.10 bits per heavy atom. The van der Waals surface area contributed by atoms with Crippen LogP contribution in [0.15, 0.2) is 30.3 Å². The van der Waals surface area contributed by atoms with Crippen LogP contribution in [0.1, 0.15) is 45.1 Å². The number of amides is 2. The van der Waals surface area contributed by atoms with Crippen LogP contribution in [-0.2, 0) is 6.42 Å². The fourth-order valence-corrected chi connectivity index (χ4v) is 5.84. The normalized spacial score (nSPS) is 29.8. The van der Waals surface area contributed by atoms with Gasteiger partial charge in [-0.1, -0.05) is 30.3 Å². The van der Waals surface area contributed by atoms with Crippen LogP contribution in [0.2, 0.25) is 0 Å². The Morgan fingerprint density at radius 3 is 2.53 bits per heavy atom. The van der Waals surface area contributed by atoms with Crippen molar-refractivity contribution in [3.8, 4) is 0 Å². The number of likely N-dealkylation sites (tertiary alicyclic amines) is 1. The molecule has 2 amide bonds. The van der Waals surface area contributed by atoms with Crippen molar-refractivity contribution in [2.24, 2.45) is 17.8 Å². The number of piperidine rings is 4. The second-order valence-corrected chi connectivity index (χ2v) is 10.1. The van der Waals surface area contributed by atoms with E-state index in [1.165, 1.54) is 70.4 Å². The van der Waals surface area contributed by atoms with Gasteiger partial charge in [-0.2, -0.15) is 0 Å². The average Bonchev–Trinajstić information content (AvgIpc) is 2.75. The van der Waals surface area contributed by atoms with E-state index in [2.05, 4.69) is 50.8 Å². The minimum absolute atomic E-state index is 0.0254. The number of nitrogens with one attached hydrogen (secondary N) is 2. The number of carbonyl (C=O) groups excluding carboxylic acids is 1. The zero-order chi connectivity index (χ0) is 20.9. The van der Waals surface area contributed by atoms with Crippen LogP contribution >= 0.6 is 0 Å². The molecule has 1 unspecified atom stereocenters. The van der Waals surface area contributed by atoms with Crippen LogP contribution in [0.5, 0.6) is 0 Å². The lowest BCUT2D eigenvalue weighted by atomic mass is 9.75.